The van der Waals surface area contributed by atoms with Gasteiger partial charge in [-0.25, -0.2) is 9.37 Å². The minimum absolute atomic E-state index is 0.0992. The van der Waals surface area contributed by atoms with Gasteiger partial charge in [-0.2, -0.15) is 0 Å². The number of fused-ring (bicyclic) bond motifs is 1. The Hall–Kier alpha value is -2.09. The van der Waals surface area contributed by atoms with Crippen LogP contribution in [0, 0.1) is 5.82 Å². The number of hydrogen-bond acceptors (Lipinski definition) is 4. The first-order valence-corrected chi connectivity index (χ1v) is 13.4. The van der Waals surface area contributed by atoms with Gasteiger partial charge in [0.2, 0.25) is 0 Å². The number of aromatic nitrogens is 2. The van der Waals surface area contributed by atoms with Gasteiger partial charge >= 0.3 is 0 Å². The van der Waals surface area contributed by atoms with E-state index >= 15 is 0 Å². The summed E-state index contributed by atoms with van der Waals surface area (Å²) in [7, 11) is 0. The molecule has 1 saturated heterocycles. The maximum Gasteiger partial charge on any atom is 0.256 e. The van der Waals surface area contributed by atoms with Crippen molar-refractivity contribution in [3.63, 3.8) is 0 Å². The third-order valence-corrected chi connectivity index (χ3v) is 8.31. The van der Waals surface area contributed by atoms with Crippen LogP contribution in [0.25, 0.3) is 27.8 Å². The molecule has 0 atom stereocenters. The second-order valence-electron chi connectivity index (χ2n) is 9.76. The zero-order valence-corrected chi connectivity index (χ0v) is 22.9. The number of likely N-dealkylation sites (tertiary alicyclic amines) is 1. The van der Waals surface area contributed by atoms with E-state index in [0.29, 0.717) is 37.6 Å². The Balaban J connectivity index is 1.73. The Labute approximate surface area is 228 Å². The Morgan fingerprint density at radius 1 is 0.944 bits per heavy atom. The molecule has 0 aliphatic carbocycles. The normalized spacial score (nSPS) is 14.9. The molecule has 5 rings (SSSR count). The SMILES string of the molecule is CC(C)(C)N1CC(Sc2cc(-c3ccc(F)cc3Cl)c3ccc(=O)n(-c4c(Cl)cccc4Cl)c3n2)C1. The monoisotopic (exact) mass is 561 g/mol. The van der Waals surface area contributed by atoms with Crippen LogP contribution >= 0.6 is 46.6 Å². The highest BCUT2D eigenvalue weighted by atomic mass is 35.5. The van der Waals surface area contributed by atoms with E-state index in [1.54, 1.807) is 42.1 Å². The van der Waals surface area contributed by atoms with E-state index in [9.17, 15) is 9.18 Å². The van der Waals surface area contributed by atoms with Crippen LogP contribution < -0.4 is 5.56 Å². The zero-order chi connectivity index (χ0) is 25.8. The second-order valence-corrected chi connectivity index (χ2v) is 12.3. The van der Waals surface area contributed by atoms with Gasteiger partial charge in [0.05, 0.1) is 25.8 Å². The number of pyridine rings is 2. The number of nitrogens with zero attached hydrogens (tertiary/aromatic N) is 3. The van der Waals surface area contributed by atoms with Crippen molar-refractivity contribution in [1.29, 1.82) is 0 Å². The Bertz CT molecular complexity index is 1520. The molecular formula is C27H23Cl3FN3OS. The summed E-state index contributed by atoms with van der Waals surface area (Å²) >= 11 is 21.1. The van der Waals surface area contributed by atoms with Crippen LogP contribution in [0.1, 0.15) is 20.8 Å². The summed E-state index contributed by atoms with van der Waals surface area (Å²) in [6.45, 7) is 8.45. The molecule has 186 valence electrons. The van der Waals surface area contributed by atoms with Gasteiger partial charge in [-0.15, -0.1) is 11.8 Å². The van der Waals surface area contributed by atoms with Crippen molar-refractivity contribution in [2.45, 2.75) is 36.6 Å². The highest BCUT2D eigenvalue weighted by Gasteiger charge is 2.35. The van der Waals surface area contributed by atoms with Crippen LogP contribution in [0.5, 0.6) is 0 Å². The van der Waals surface area contributed by atoms with E-state index in [4.69, 9.17) is 39.8 Å². The molecule has 0 unspecified atom stereocenters. The predicted molar refractivity (Wildman–Crippen MR) is 149 cm³/mol. The van der Waals surface area contributed by atoms with Gasteiger partial charge in [-0.1, -0.05) is 40.9 Å². The molecule has 1 fully saturated rings. The number of rotatable bonds is 4. The lowest BCUT2D eigenvalue weighted by atomic mass is 10.0. The van der Waals surface area contributed by atoms with Crippen LogP contribution in [0.4, 0.5) is 4.39 Å². The van der Waals surface area contributed by atoms with Gasteiger partial charge in [0, 0.05) is 40.9 Å². The number of thioether (sulfide) groups is 1. The van der Waals surface area contributed by atoms with Crippen LogP contribution in [0.3, 0.4) is 0 Å². The third-order valence-electron chi connectivity index (χ3n) is 6.31. The van der Waals surface area contributed by atoms with Crippen molar-refractivity contribution in [3.05, 3.63) is 85.8 Å². The third kappa shape index (κ3) is 4.77. The minimum atomic E-state index is -0.423. The molecule has 3 heterocycles. The number of halogens is 4. The fraction of sp³-hybridized carbons (Fsp3) is 0.259. The molecule has 4 nitrogen and oxygen atoms in total. The molecule has 0 N–H and O–H groups in total. The Morgan fingerprint density at radius 2 is 1.64 bits per heavy atom. The van der Waals surface area contributed by atoms with Gasteiger partial charge in [0.25, 0.3) is 5.56 Å². The van der Waals surface area contributed by atoms with E-state index in [-0.39, 0.29) is 16.1 Å². The molecule has 2 aromatic heterocycles. The molecule has 2 aromatic carbocycles. The number of hydrogen-bond donors (Lipinski definition) is 0. The number of benzene rings is 2. The highest BCUT2D eigenvalue weighted by molar-refractivity contribution is 8.00. The molecule has 0 radical (unpaired) electrons. The topological polar surface area (TPSA) is 38.1 Å². The quantitative estimate of drug-likeness (QED) is 0.255. The van der Waals surface area contributed by atoms with Gasteiger partial charge in [0.15, 0.2) is 0 Å². The van der Waals surface area contributed by atoms with E-state index in [0.717, 1.165) is 23.7 Å². The molecule has 9 heteroatoms. The van der Waals surface area contributed by atoms with Gasteiger partial charge in [-0.05, 0) is 68.8 Å². The van der Waals surface area contributed by atoms with Crippen molar-refractivity contribution in [1.82, 2.24) is 14.5 Å². The maximum absolute atomic E-state index is 13.9. The smallest absolute Gasteiger partial charge is 0.256 e. The Kier molecular flexibility index (Phi) is 6.85. The van der Waals surface area contributed by atoms with Gasteiger partial charge in [0.1, 0.15) is 11.5 Å². The summed E-state index contributed by atoms with van der Waals surface area (Å²) < 4.78 is 15.3. The maximum atomic E-state index is 13.9. The molecule has 0 amide bonds. The van der Waals surface area contributed by atoms with E-state index in [2.05, 4.69) is 25.7 Å². The molecule has 36 heavy (non-hydrogen) atoms. The van der Waals surface area contributed by atoms with Gasteiger partial charge in [-0.3, -0.25) is 14.3 Å². The lowest BCUT2D eigenvalue weighted by molar-refractivity contribution is 0.0754. The fourth-order valence-electron chi connectivity index (χ4n) is 4.33. The van der Waals surface area contributed by atoms with Crippen LogP contribution in [0.15, 0.2) is 64.4 Å². The lowest BCUT2D eigenvalue weighted by Gasteiger charge is -2.47. The Morgan fingerprint density at radius 3 is 2.28 bits per heavy atom. The minimum Gasteiger partial charge on any atom is -0.296 e. The summed E-state index contributed by atoms with van der Waals surface area (Å²) in [6.07, 6.45) is 0. The fourth-order valence-corrected chi connectivity index (χ4v) is 6.34. The second kappa shape index (κ2) is 9.66. The lowest BCUT2D eigenvalue weighted by Crippen LogP contribution is -2.57. The number of para-hydroxylation sites is 1. The van der Waals surface area contributed by atoms with Gasteiger partial charge < -0.3 is 0 Å². The van der Waals surface area contributed by atoms with E-state index in [1.807, 2.05) is 6.07 Å². The molecule has 1 aliphatic heterocycles. The largest absolute Gasteiger partial charge is 0.296 e. The van der Waals surface area contributed by atoms with Crippen molar-refractivity contribution in [3.8, 4) is 16.8 Å². The van der Waals surface area contributed by atoms with E-state index < -0.39 is 5.82 Å². The molecule has 4 aromatic rings. The van der Waals surface area contributed by atoms with Crippen LogP contribution in [0.2, 0.25) is 15.1 Å². The van der Waals surface area contributed by atoms with Crippen molar-refractivity contribution < 1.29 is 4.39 Å². The van der Waals surface area contributed by atoms with Crippen molar-refractivity contribution >= 4 is 57.6 Å². The summed E-state index contributed by atoms with van der Waals surface area (Å²) in [5.41, 5.74) is 1.95. The molecular weight excluding hydrogens is 540 g/mol. The van der Waals surface area contributed by atoms with Crippen LogP contribution in [-0.2, 0) is 0 Å². The summed E-state index contributed by atoms with van der Waals surface area (Å²) in [5.74, 6) is -0.423. The molecule has 1 aliphatic rings. The molecule has 0 bridgehead atoms. The first-order chi connectivity index (χ1) is 17.0. The average Bonchev–Trinajstić information content (AvgIpc) is 2.76. The standard InChI is InChI=1S/C27H23Cl3FN3OS/c1-27(2,3)33-13-16(14-33)36-23-12-19(17-8-7-15(31)11-22(17)30)18-9-10-24(35)34(26(18)32-23)25-20(28)5-4-6-21(25)29/h4-12,16H,13-14H2,1-3H3. The highest BCUT2D eigenvalue weighted by Crippen LogP contribution is 2.40. The van der Waals surface area contributed by atoms with Crippen molar-refractivity contribution in [2.24, 2.45) is 0 Å². The first kappa shape index (κ1) is 25.6. The average molecular weight is 563 g/mol. The summed E-state index contributed by atoms with van der Waals surface area (Å²) in [5, 5.41) is 2.69. The summed E-state index contributed by atoms with van der Waals surface area (Å²) in [4.78, 5) is 20.5. The van der Waals surface area contributed by atoms with E-state index in [1.165, 1.54) is 22.8 Å². The zero-order valence-electron chi connectivity index (χ0n) is 19.9. The van der Waals surface area contributed by atoms with Crippen LogP contribution in [-0.4, -0.2) is 38.3 Å². The van der Waals surface area contributed by atoms with Crippen molar-refractivity contribution in [2.75, 3.05) is 13.1 Å². The summed E-state index contributed by atoms with van der Waals surface area (Å²) in [6, 6.07) is 14.5. The molecule has 0 spiro atoms. The first-order valence-electron chi connectivity index (χ1n) is 11.4. The predicted octanol–water partition coefficient (Wildman–Crippen LogP) is 7.73. The molecule has 0 saturated carbocycles.